The summed E-state index contributed by atoms with van der Waals surface area (Å²) in [5.74, 6) is -2.91. The Morgan fingerprint density at radius 1 is 1.23 bits per heavy atom. The lowest BCUT2D eigenvalue weighted by Gasteiger charge is -2.49. The Bertz CT molecular complexity index is 861. The third-order valence-corrected chi connectivity index (χ3v) is 5.80. The number of halogens is 3. The number of methoxy groups -OCH3 is 1. The number of rotatable bonds is 6. The molecule has 2 amide bonds. The lowest BCUT2D eigenvalue weighted by molar-refractivity contribution is -0.192. The smallest absolute Gasteiger partial charge is 0.475 e. The second-order valence-corrected chi connectivity index (χ2v) is 8.60. The second-order valence-electron chi connectivity index (χ2n) is 8.60. The van der Waals surface area contributed by atoms with Crippen LogP contribution in [0.4, 0.5) is 18.9 Å². The number of hydrogen-bond acceptors (Lipinski definition) is 6. The number of alkyl halides is 3. The van der Waals surface area contributed by atoms with E-state index in [0.717, 1.165) is 51.0 Å². The van der Waals surface area contributed by atoms with Crippen LogP contribution in [0.1, 0.15) is 38.2 Å². The van der Waals surface area contributed by atoms with E-state index in [2.05, 4.69) is 15.5 Å². The van der Waals surface area contributed by atoms with Crippen molar-refractivity contribution in [3.05, 3.63) is 29.8 Å². The van der Waals surface area contributed by atoms with E-state index in [9.17, 15) is 22.8 Å². The zero-order valence-corrected chi connectivity index (χ0v) is 19.8. The lowest BCUT2D eigenvalue weighted by atomic mass is 9.78. The minimum atomic E-state index is -5.08. The zero-order chi connectivity index (χ0) is 26.1. The predicted octanol–water partition coefficient (Wildman–Crippen LogP) is 2.55. The topological polar surface area (TPSA) is 117 Å². The van der Waals surface area contributed by atoms with E-state index in [4.69, 9.17) is 19.4 Å². The van der Waals surface area contributed by atoms with Crippen LogP contribution in [0.3, 0.4) is 0 Å². The Balaban J connectivity index is 0.000000540. The number of benzene rings is 1. The Hall–Kier alpha value is -2.70. The normalized spacial score (nSPS) is 22.6. The molecule has 2 atom stereocenters. The predicted molar refractivity (Wildman–Crippen MR) is 121 cm³/mol. The third-order valence-electron chi connectivity index (χ3n) is 5.80. The summed E-state index contributed by atoms with van der Waals surface area (Å²) in [6, 6.07) is 7.98. The van der Waals surface area contributed by atoms with Crippen molar-refractivity contribution in [3.8, 4) is 0 Å². The van der Waals surface area contributed by atoms with Gasteiger partial charge in [-0.05, 0) is 30.5 Å². The van der Waals surface area contributed by atoms with Gasteiger partial charge in [-0.2, -0.15) is 13.2 Å². The second kappa shape index (κ2) is 12.8. The van der Waals surface area contributed by atoms with Gasteiger partial charge < -0.3 is 25.2 Å². The summed E-state index contributed by atoms with van der Waals surface area (Å²) in [6.45, 7) is 4.75. The van der Waals surface area contributed by atoms with Gasteiger partial charge in [0.05, 0.1) is 12.6 Å². The maximum atomic E-state index is 12.1. The Labute approximate surface area is 201 Å². The van der Waals surface area contributed by atoms with E-state index >= 15 is 0 Å². The van der Waals surface area contributed by atoms with E-state index in [1.807, 2.05) is 24.3 Å². The fourth-order valence-corrected chi connectivity index (χ4v) is 4.31. The van der Waals surface area contributed by atoms with Crippen molar-refractivity contribution < 1.29 is 42.1 Å². The third kappa shape index (κ3) is 9.11. The molecular weight excluding hydrogens is 471 g/mol. The molecule has 196 valence electrons. The Morgan fingerprint density at radius 3 is 2.46 bits per heavy atom. The number of morpholine rings is 1. The zero-order valence-electron chi connectivity index (χ0n) is 19.8. The van der Waals surface area contributed by atoms with Gasteiger partial charge in [0.2, 0.25) is 11.8 Å². The van der Waals surface area contributed by atoms with Gasteiger partial charge >= 0.3 is 12.1 Å². The molecule has 1 saturated heterocycles. The van der Waals surface area contributed by atoms with Crippen molar-refractivity contribution in [3.63, 3.8) is 0 Å². The highest BCUT2D eigenvalue weighted by atomic mass is 19.4. The minimum absolute atomic E-state index is 0.0221. The number of carboxylic acid groups (broad SMARTS) is 1. The lowest BCUT2D eigenvalue weighted by Crippen LogP contribution is -2.64. The summed E-state index contributed by atoms with van der Waals surface area (Å²) in [5, 5.41) is 13.1. The van der Waals surface area contributed by atoms with Crippen molar-refractivity contribution in [2.75, 3.05) is 38.7 Å². The first kappa shape index (κ1) is 28.5. The number of hydrogen-bond donors (Lipinski definition) is 3. The standard InChI is InChI=1S/C21H31N3O4.C2HF3O2/c1-16(25)22-18-8-6-17(7-9-18)13-24-11-12-28-21(15-24)10-4-3-5-19(21)23-20(26)14-27-2;3-2(4,5)1(6)7/h6-9,19H,3-5,10-15H2,1-2H3,(H,22,25)(H,23,26);(H,6,7). The number of aliphatic carboxylic acids is 1. The molecule has 1 aliphatic heterocycles. The number of carboxylic acids is 1. The van der Waals surface area contributed by atoms with Crippen LogP contribution in [0.15, 0.2) is 24.3 Å². The molecule has 0 bridgehead atoms. The summed E-state index contributed by atoms with van der Waals surface area (Å²) < 4.78 is 43.0. The van der Waals surface area contributed by atoms with Crippen LogP contribution in [-0.2, 0) is 30.4 Å². The number of amides is 2. The first-order valence-corrected chi connectivity index (χ1v) is 11.3. The van der Waals surface area contributed by atoms with Gasteiger partial charge in [0.25, 0.3) is 0 Å². The molecular formula is C23H32F3N3O6. The molecule has 3 rings (SSSR count). The average Bonchev–Trinajstić information content (AvgIpc) is 2.77. The fourth-order valence-electron chi connectivity index (χ4n) is 4.31. The molecule has 2 aliphatic rings. The molecule has 0 radical (unpaired) electrons. The van der Waals surface area contributed by atoms with E-state index in [1.54, 1.807) is 0 Å². The molecule has 2 unspecified atom stereocenters. The van der Waals surface area contributed by atoms with Crippen LogP contribution < -0.4 is 10.6 Å². The van der Waals surface area contributed by atoms with Gasteiger partial charge in [-0.25, -0.2) is 4.79 Å². The van der Waals surface area contributed by atoms with Crippen LogP contribution in [0.2, 0.25) is 0 Å². The molecule has 3 N–H and O–H groups in total. The van der Waals surface area contributed by atoms with Crippen molar-refractivity contribution in [2.45, 2.75) is 57.0 Å². The highest BCUT2D eigenvalue weighted by Gasteiger charge is 2.45. The van der Waals surface area contributed by atoms with Gasteiger partial charge in [0.1, 0.15) is 12.2 Å². The average molecular weight is 504 g/mol. The van der Waals surface area contributed by atoms with Gasteiger partial charge in [-0.3, -0.25) is 14.5 Å². The number of nitrogens with one attached hydrogen (secondary N) is 2. The summed E-state index contributed by atoms with van der Waals surface area (Å²) in [6.07, 6.45) is -0.957. The van der Waals surface area contributed by atoms with E-state index in [1.165, 1.54) is 19.6 Å². The van der Waals surface area contributed by atoms with Crippen LogP contribution in [0.5, 0.6) is 0 Å². The molecule has 35 heavy (non-hydrogen) atoms. The number of nitrogens with zero attached hydrogens (tertiary/aromatic N) is 1. The van der Waals surface area contributed by atoms with E-state index < -0.39 is 12.1 Å². The summed E-state index contributed by atoms with van der Waals surface area (Å²) in [4.78, 5) is 34.5. The molecule has 1 saturated carbocycles. The highest BCUT2D eigenvalue weighted by Crippen LogP contribution is 2.35. The van der Waals surface area contributed by atoms with Gasteiger partial charge in [0, 0.05) is 39.4 Å². The van der Waals surface area contributed by atoms with Crippen LogP contribution in [0, 0.1) is 0 Å². The Morgan fingerprint density at radius 2 is 1.89 bits per heavy atom. The first-order chi connectivity index (χ1) is 16.4. The van der Waals surface area contributed by atoms with Gasteiger partial charge in [-0.1, -0.05) is 25.0 Å². The van der Waals surface area contributed by atoms with Crippen molar-refractivity contribution in [1.29, 1.82) is 0 Å². The number of carbonyl (C=O) groups is 3. The molecule has 1 heterocycles. The maximum absolute atomic E-state index is 12.1. The van der Waals surface area contributed by atoms with Crippen LogP contribution in [0.25, 0.3) is 0 Å². The van der Waals surface area contributed by atoms with Crippen molar-refractivity contribution >= 4 is 23.5 Å². The molecule has 9 nitrogen and oxygen atoms in total. The summed E-state index contributed by atoms with van der Waals surface area (Å²) in [5.41, 5.74) is 1.68. The molecule has 1 spiro atoms. The maximum Gasteiger partial charge on any atom is 0.490 e. The van der Waals surface area contributed by atoms with Crippen LogP contribution in [-0.4, -0.2) is 79.0 Å². The van der Waals surface area contributed by atoms with Gasteiger partial charge in [-0.15, -0.1) is 0 Å². The number of anilines is 1. The molecule has 1 aliphatic carbocycles. The molecule has 1 aromatic rings. The molecule has 2 fully saturated rings. The minimum Gasteiger partial charge on any atom is -0.475 e. The number of carbonyl (C=O) groups excluding carboxylic acids is 2. The van der Waals surface area contributed by atoms with Crippen LogP contribution >= 0.6 is 0 Å². The molecule has 0 aromatic heterocycles. The monoisotopic (exact) mass is 503 g/mol. The fraction of sp³-hybridized carbons (Fsp3) is 0.609. The first-order valence-electron chi connectivity index (χ1n) is 11.3. The largest absolute Gasteiger partial charge is 0.490 e. The summed E-state index contributed by atoms with van der Waals surface area (Å²) in [7, 11) is 1.53. The molecule has 12 heteroatoms. The quantitative estimate of drug-likeness (QED) is 0.546. The van der Waals surface area contributed by atoms with Crippen molar-refractivity contribution in [2.24, 2.45) is 0 Å². The van der Waals surface area contributed by atoms with Gasteiger partial charge in [0.15, 0.2) is 0 Å². The SMILES string of the molecule is COCC(=O)NC1CCCCC12CN(Cc1ccc(NC(C)=O)cc1)CCO2.O=C(O)C(F)(F)F. The number of ether oxygens (including phenoxy) is 2. The summed E-state index contributed by atoms with van der Waals surface area (Å²) >= 11 is 0. The highest BCUT2D eigenvalue weighted by molar-refractivity contribution is 5.88. The van der Waals surface area contributed by atoms with E-state index in [-0.39, 0.29) is 30.1 Å². The van der Waals surface area contributed by atoms with Crippen molar-refractivity contribution in [1.82, 2.24) is 10.2 Å². The molecule has 1 aromatic carbocycles. The Kier molecular flexibility index (Phi) is 10.5. The van der Waals surface area contributed by atoms with E-state index in [0.29, 0.717) is 6.61 Å².